The lowest BCUT2D eigenvalue weighted by Crippen LogP contribution is -2.00. The molecule has 0 saturated carbocycles. The Labute approximate surface area is 74.5 Å². The molecule has 0 aromatic heterocycles. The third-order valence-corrected chi connectivity index (χ3v) is 1.94. The van der Waals surface area contributed by atoms with E-state index in [0.29, 0.717) is 16.8 Å². The zero-order valence-electron chi connectivity index (χ0n) is 6.96. The molecule has 1 N–H and O–H groups in total. The number of fused-ring (bicyclic) bond motifs is 1. The summed E-state index contributed by atoms with van der Waals surface area (Å²) in [5, 5.41) is 2.83. The zero-order chi connectivity index (χ0) is 9.42. The van der Waals surface area contributed by atoms with E-state index in [-0.39, 0.29) is 0 Å². The predicted molar refractivity (Wildman–Crippen MR) is 45.7 cm³/mol. The van der Waals surface area contributed by atoms with Crippen LogP contribution in [0.25, 0.3) is 0 Å². The summed E-state index contributed by atoms with van der Waals surface area (Å²) in [5.41, 5.74) is 1.28. The number of ether oxygens (including phenoxy) is 1. The van der Waals surface area contributed by atoms with Crippen LogP contribution in [0.15, 0.2) is 18.2 Å². The molecule has 1 aromatic carbocycles. The Morgan fingerprint density at radius 1 is 1.23 bits per heavy atom. The molecule has 0 spiro atoms. The number of hydrogen-bond acceptors (Lipinski definition) is 4. The molecule has 1 heterocycles. The van der Waals surface area contributed by atoms with Crippen molar-refractivity contribution in [1.29, 1.82) is 0 Å². The quantitative estimate of drug-likeness (QED) is 0.514. The lowest BCUT2D eigenvalue weighted by atomic mass is 10.1. The first kappa shape index (κ1) is 7.79. The van der Waals surface area contributed by atoms with E-state index in [1.165, 1.54) is 0 Å². The summed E-state index contributed by atoms with van der Waals surface area (Å²) in [6.07, 6.45) is 0. The fourth-order valence-corrected chi connectivity index (χ4v) is 1.34. The highest BCUT2D eigenvalue weighted by atomic mass is 16.6. The van der Waals surface area contributed by atoms with Crippen LogP contribution in [0, 0.1) is 0 Å². The number of cyclic esters (lactones) is 2. The smallest absolute Gasteiger partial charge is 0.349 e. The second-order valence-electron chi connectivity index (χ2n) is 2.66. The number of rotatable bonds is 1. The predicted octanol–water partition coefficient (Wildman–Crippen LogP) is 1.04. The molecule has 0 bridgehead atoms. The molecule has 0 aliphatic carbocycles. The van der Waals surface area contributed by atoms with Crippen LogP contribution in [-0.4, -0.2) is 19.0 Å². The molecular weight excluding hydrogens is 170 g/mol. The van der Waals surface area contributed by atoms with E-state index in [1.807, 2.05) is 0 Å². The van der Waals surface area contributed by atoms with Crippen molar-refractivity contribution in [1.82, 2.24) is 0 Å². The topological polar surface area (TPSA) is 55.4 Å². The number of esters is 2. The molecule has 0 amide bonds. The Balaban J connectivity index is 2.69. The average Bonchev–Trinajstić information content (AvgIpc) is 2.43. The minimum atomic E-state index is -0.579. The van der Waals surface area contributed by atoms with Gasteiger partial charge in [0.05, 0.1) is 11.1 Å². The van der Waals surface area contributed by atoms with Crippen molar-refractivity contribution in [3.63, 3.8) is 0 Å². The van der Waals surface area contributed by atoms with Crippen LogP contribution >= 0.6 is 0 Å². The Morgan fingerprint density at radius 3 is 2.69 bits per heavy atom. The van der Waals surface area contributed by atoms with Crippen molar-refractivity contribution < 1.29 is 14.3 Å². The van der Waals surface area contributed by atoms with Crippen molar-refractivity contribution >= 4 is 17.6 Å². The van der Waals surface area contributed by atoms with Crippen molar-refractivity contribution in [2.75, 3.05) is 12.4 Å². The lowest BCUT2D eigenvalue weighted by molar-refractivity contribution is 0.0444. The van der Waals surface area contributed by atoms with E-state index >= 15 is 0 Å². The monoisotopic (exact) mass is 177 g/mol. The van der Waals surface area contributed by atoms with Gasteiger partial charge >= 0.3 is 11.9 Å². The van der Waals surface area contributed by atoms with Gasteiger partial charge in [-0.2, -0.15) is 0 Å². The first-order valence-corrected chi connectivity index (χ1v) is 3.81. The minimum absolute atomic E-state index is 0.329. The Kier molecular flexibility index (Phi) is 1.55. The van der Waals surface area contributed by atoms with Crippen LogP contribution < -0.4 is 5.32 Å². The van der Waals surface area contributed by atoms with Gasteiger partial charge in [-0.1, -0.05) is 6.07 Å². The highest BCUT2D eigenvalue weighted by molar-refractivity contribution is 6.17. The summed E-state index contributed by atoms with van der Waals surface area (Å²) in [7, 11) is 1.69. The molecule has 2 rings (SSSR count). The maximum atomic E-state index is 11.2. The molecule has 0 saturated heterocycles. The highest BCUT2D eigenvalue weighted by Gasteiger charge is 2.31. The van der Waals surface area contributed by atoms with Gasteiger partial charge in [0.1, 0.15) is 0 Å². The summed E-state index contributed by atoms with van der Waals surface area (Å²) >= 11 is 0. The standard InChI is InChI=1S/C9H7NO3/c1-10-6-4-2-3-5-7(6)9(12)13-8(5)11/h2-4,10H,1H3. The van der Waals surface area contributed by atoms with Crippen LogP contribution in [0.3, 0.4) is 0 Å². The van der Waals surface area contributed by atoms with E-state index in [2.05, 4.69) is 10.1 Å². The normalized spacial score (nSPS) is 13.9. The molecule has 4 heteroatoms. The fraction of sp³-hybridized carbons (Fsp3) is 0.111. The van der Waals surface area contributed by atoms with Crippen molar-refractivity contribution in [3.05, 3.63) is 29.3 Å². The van der Waals surface area contributed by atoms with Gasteiger partial charge in [-0.15, -0.1) is 0 Å². The van der Waals surface area contributed by atoms with E-state index in [4.69, 9.17) is 0 Å². The van der Waals surface area contributed by atoms with Crippen LogP contribution in [0.2, 0.25) is 0 Å². The molecule has 13 heavy (non-hydrogen) atoms. The van der Waals surface area contributed by atoms with E-state index in [1.54, 1.807) is 25.2 Å². The number of carbonyl (C=O) groups excluding carboxylic acids is 2. The number of carbonyl (C=O) groups is 2. The highest BCUT2D eigenvalue weighted by Crippen LogP contribution is 2.26. The first-order chi connectivity index (χ1) is 6.24. The maximum Gasteiger partial charge on any atom is 0.349 e. The Morgan fingerprint density at radius 2 is 2.00 bits per heavy atom. The minimum Gasteiger partial charge on any atom is -0.387 e. The molecule has 0 atom stereocenters. The Bertz CT molecular complexity index is 398. The van der Waals surface area contributed by atoms with Crippen LogP contribution in [0.5, 0.6) is 0 Å². The molecule has 4 nitrogen and oxygen atoms in total. The summed E-state index contributed by atoms with van der Waals surface area (Å²) < 4.78 is 4.46. The van der Waals surface area contributed by atoms with E-state index in [9.17, 15) is 9.59 Å². The third kappa shape index (κ3) is 0.989. The lowest BCUT2D eigenvalue weighted by Gasteiger charge is -2.01. The summed E-state index contributed by atoms with van der Waals surface area (Å²) in [6, 6.07) is 4.99. The molecule has 66 valence electrons. The SMILES string of the molecule is CNc1cccc2c1C(=O)OC2=O. The van der Waals surface area contributed by atoms with Gasteiger partial charge in [0, 0.05) is 12.7 Å². The van der Waals surface area contributed by atoms with E-state index in [0.717, 1.165) is 0 Å². The van der Waals surface area contributed by atoms with Gasteiger partial charge < -0.3 is 10.1 Å². The summed E-state index contributed by atoms with van der Waals surface area (Å²) in [4.78, 5) is 22.2. The summed E-state index contributed by atoms with van der Waals surface area (Å²) in [6.45, 7) is 0. The molecule has 1 aliphatic heterocycles. The maximum absolute atomic E-state index is 11.2. The van der Waals surface area contributed by atoms with Crippen molar-refractivity contribution in [3.8, 4) is 0 Å². The van der Waals surface area contributed by atoms with Crippen molar-refractivity contribution in [2.45, 2.75) is 0 Å². The number of nitrogens with one attached hydrogen (secondary N) is 1. The van der Waals surface area contributed by atoms with Crippen molar-refractivity contribution in [2.24, 2.45) is 0 Å². The summed E-state index contributed by atoms with van der Waals surface area (Å²) in [5.74, 6) is -1.15. The largest absolute Gasteiger partial charge is 0.387 e. The van der Waals surface area contributed by atoms with Gasteiger partial charge in [0.25, 0.3) is 0 Å². The van der Waals surface area contributed by atoms with Crippen LogP contribution in [0.4, 0.5) is 5.69 Å². The molecular formula is C9H7NO3. The van der Waals surface area contributed by atoms with Gasteiger partial charge in [-0.25, -0.2) is 9.59 Å². The molecule has 0 fully saturated rings. The number of benzene rings is 1. The van der Waals surface area contributed by atoms with Gasteiger partial charge in [0.15, 0.2) is 0 Å². The molecule has 0 radical (unpaired) electrons. The first-order valence-electron chi connectivity index (χ1n) is 3.81. The molecule has 0 unspecified atom stereocenters. The molecule has 1 aromatic rings. The molecule has 1 aliphatic rings. The second kappa shape index (κ2) is 2.58. The van der Waals surface area contributed by atoms with Gasteiger partial charge in [0.2, 0.25) is 0 Å². The van der Waals surface area contributed by atoms with Crippen LogP contribution in [0.1, 0.15) is 20.7 Å². The van der Waals surface area contributed by atoms with Crippen LogP contribution in [-0.2, 0) is 4.74 Å². The third-order valence-electron chi connectivity index (χ3n) is 1.94. The zero-order valence-corrected chi connectivity index (χ0v) is 6.96. The van der Waals surface area contributed by atoms with E-state index < -0.39 is 11.9 Å². The fourth-order valence-electron chi connectivity index (χ4n) is 1.34. The second-order valence-corrected chi connectivity index (χ2v) is 2.66. The average molecular weight is 177 g/mol. The van der Waals surface area contributed by atoms with Gasteiger partial charge in [-0.05, 0) is 12.1 Å². The number of hydrogen-bond donors (Lipinski definition) is 1. The number of anilines is 1. The Hall–Kier alpha value is -1.84. The van der Waals surface area contributed by atoms with Gasteiger partial charge in [-0.3, -0.25) is 0 Å².